The lowest BCUT2D eigenvalue weighted by atomic mass is 10.1. The molecule has 1 heterocycles. The number of hydrogen-bond donors (Lipinski definition) is 0. The van der Waals surface area contributed by atoms with Crippen LogP contribution in [0.3, 0.4) is 0 Å². The van der Waals surface area contributed by atoms with Gasteiger partial charge < -0.3 is 0 Å². The van der Waals surface area contributed by atoms with Crippen molar-refractivity contribution >= 4 is 34.7 Å². The zero-order valence-electron chi connectivity index (χ0n) is 9.28. The van der Waals surface area contributed by atoms with Gasteiger partial charge in [0.25, 0.3) is 0 Å². The van der Waals surface area contributed by atoms with Crippen LogP contribution in [0.15, 0.2) is 12.1 Å². The normalized spacial score (nSPS) is 11.9. The fraction of sp³-hybridized carbons (Fsp3) is 0.182. The monoisotopic (exact) mass is 329 g/mol. The van der Waals surface area contributed by atoms with E-state index in [9.17, 15) is 17.6 Å². The third-order valence-electron chi connectivity index (χ3n) is 2.40. The minimum absolute atomic E-state index is 0.0985. The van der Waals surface area contributed by atoms with Gasteiger partial charge in [0.2, 0.25) is 0 Å². The average Bonchev–Trinajstić information content (AvgIpc) is 2.65. The molecular formula is C11H5Cl2F4NS. The van der Waals surface area contributed by atoms with Crippen LogP contribution in [0.1, 0.15) is 10.4 Å². The van der Waals surface area contributed by atoms with Gasteiger partial charge in [0.05, 0.1) is 5.02 Å². The summed E-state index contributed by atoms with van der Waals surface area (Å²) >= 11 is 11.5. The summed E-state index contributed by atoms with van der Waals surface area (Å²) in [5.74, 6) is -0.767. The maximum Gasteiger partial charge on any atom is 0.428 e. The Labute approximate surface area is 119 Å². The van der Waals surface area contributed by atoms with Crippen molar-refractivity contribution in [3.8, 4) is 11.3 Å². The molecule has 0 radical (unpaired) electrons. The van der Waals surface area contributed by atoms with Crippen molar-refractivity contribution in [3.63, 3.8) is 0 Å². The number of nitrogens with zero attached hydrogens (tertiary/aromatic N) is 1. The SMILES string of the molecule is Cc1cc(-c2nsc(C(F)(F)F)c2Cl)c(F)cc1Cl. The van der Waals surface area contributed by atoms with E-state index in [0.717, 1.165) is 6.07 Å². The van der Waals surface area contributed by atoms with E-state index in [1.165, 1.54) is 6.07 Å². The van der Waals surface area contributed by atoms with E-state index in [1.807, 2.05) is 0 Å². The summed E-state index contributed by atoms with van der Waals surface area (Å²) in [5.41, 5.74) is 0.200. The Bertz CT molecular complexity index is 636. The Morgan fingerprint density at radius 1 is 1.21 bits per heavy atom. The molecule has 19 heavy (non-hydrogen) atoms. The minimum Gasteiger partial charge on any atom is -0.206 e. The van der Waals surface area contributed by atoms with E-state index in [0.29, 0.717) is 5.56 Å². The maximum absolute atomic E-state index is 13.7. The van der Waals surface area contributed by atoms with Crippen LogP contribution in [0.4, 0.5) is 17.6 Å². The van der Waals surface area contributed by atoms with Gasteiger partial charge in [0.1, 0.15) is 16.4 Å². The Hall–Kier alpha value is -0.850. The molecule has 0 spiro atoms. The number of alkyl halides is 3. The Kier molecular flexibility index (Phi) is 3.77. The van der Waals surface area contributed by atoms with E-state index in [4.69, 9.17) is 23.2 Å². The van der Waals surface area contributed by atoms with E-state index in [1.54, 1.807) is 6.92 Å². The second-order valence-electron chi connectivity index (χ2n) is 3.75. The van der Waals surface area contributed by atoms with Crippen molar-refractivity contribution in [1.29, 1.82) is 0 Å². The van der Waals surface area contributed by atoms with E-state index in [-0.39, 0.29) is 27.8 Å². The van der Waals surface area contributed by atoms with Crippen molar-refractivity contribution in [3.05, 3.63) is 38.4 Å². The number of aryl methyl sites for hydroxylation is 1. The molecule has 1 aromatic carbocycles. The molecule has 1 nitrogen and oxygen atoms in total. The molecule has 0 atom stereocenters. The summed E-state index contributed by atoms with van der Waals surface area (Å²) in [6.07, 6.45) is -4.61. The first-order valence-electron chi connectivity index (χ1n) is 4.90. The van der Waals surface area contributed by atoms with Gasteiger partial charge in [-0.3, -0.25) is 0 Å². The molecule has 8 heteroatoms. The summed E-state index contributed by atoms with van der Waals surface area (Å²) in [6, 6.07) is 2.34. The number of benzene rings is 1. The van der Waals surface area contributed by atoms with Gasteiger partial charge in [0, 0.05) is 10.6 Å². The Morgan fingerprint density at radius 3 is 2.37 bits per heavy atom. The minimum atomic E-state index is -4.61. The predicted octanol–water partition coefficient (Wildman–Crippen LogP) is 5.58. The van der Waals surface area contributed by atoms with Crippen LogP contribution in [-0.4, -0.2) is 4.37 Å². The van der Waals surface area contributed by atoms with E-state index in [2.05, 4.69) is 4.37 Å². The van der Waals surface area contributed by atoms with Crippen molar-refractivity contribution < 1.29 is 17.6 Å². The number of halogens is 6. The zero-order valence-corrected chi connectivity index (χ0v) is 11.6. The largest absolute Gasteiger partial charge is 0.428 e. The van der Waals surface area contributed by atoms with Crippen molar-refractivity contribution in [2.45, 2.75) is 13.1 Å². The average molecular weight is 330 g/mol. The van der Waals surface area contributed by atoms with Crippen LogP contribution in [0.25, 0.3) is 11.3 Å². The quantitative estimate of drug-likeness (QED) is 0.622. The van der Waals surface area contributed by atoms with Crippen LogP contribution in [-0.2, 0) is 6.18 Å². The maximum atomic E-state index is 13.7. The summed E-state index contributed by atoms with van der Waals surface area (Å²) in [5, 5.41) is -0.415. The summed E-state index contributed by atoms with van der Waals surface area (Å²) in [6.45, 7) is 1.61. The molecule has 0 aliphatic rings. The third kappa shape index (κ3) is 2.70. The molecule has 0 saturated carbocycles. The second kappa shape index (κ2) is 4.92. The van der Waals surface area contributed by atoms with Crippen molar-refractivity contribution in [1.82, 2.24) is 4.37 Å². The molecule has 0 aliphatic carbocycles. The number of rotatable bonds is 1. The molecule has 0 unspecified atom stereocenters. The lowest BCUT2D eigenvalue weighted by Gasteiger charge is -2.05. The molecule has 0 fully saturated rings. The first-order valence-corrected chi connectivity index (χ1v) is 6.43. The van der Waals surface area contributed by atoms with Crippen LogP contribution in [0.2, 0.25) is 10.0 Å². The van der Waals surface area contributed by atoms with Crippen LogP contribution >= 0.6 is 34.7 Å². The standard InChI is InChI=1S/C11H5Cl2F4NS/c1-4-2-5(7(14)3-6(4)12)9-8(13)10(19-18-9)11(15,16)17/h2-3H,1H3. The highest BCUT2D eigenvalue weighted by Crippen LogP contribution is 2.43. The van der Waals surface area contributed by atoms with Crippen molar-refractivity contribution in [2.75, 3.05) is 0 Å². The van der Waals surface area contributed by atoms with E-state index < -0.39 is 21.9 Å². The highest BCUT2D eigenvalue weighted by atomic mass is 35.5. The fourth-order valence-electron chi connectivity index (χ4n) is 1.46. The molecule has 0 N–H and O–H groups in total. The summed E-state index contributed by atoms with van der Waals surface area (Å²) in [4.78, 5) is -1.05. The summed E-state index contributed by atoms with van der Waals surface area (Å²) in [7, 11) is 0. The van der Waals surface area contributed by atoms with Gasteiger partial charge in [-0.25, -0.2) is 4.39 Å². The van der Waals surface area contributed by atoms with Gasteiger partial charge in [0.15, 0.2) is 0 Å². The predicted molar refractivity (Wildman–Crippen MR) is 67.3 cm³/mol. The lowest BCUT2D eigenvalue weighted by molar-refractivity contribution is -0.134. The van der Waals surface area contributed by atoms with Gasteiger partial charge >= 0.3 is 6.18 Å². The fourth-order valence-corrected chi connectivity index (χ4v) is 2.67. The highest BCUT2D eigenvalue weighted by molar-refractivity contribution is 7.06. The smallest absolute Gasteiger partial charge is 0.206 e. The van der Waals surface area contributed by atoms with Crippen molar-refractivity contribution in [2.24, 2.45) is 0 Å². The first-order chi connectivity index (χ1) is 8.71. The highest BCUT2D eigenvalue weighted by Gasteiger charge is 2.37. The zero-order chi connectivity index (χ0) is 14.4. The Morgan fingerprint density at radius 2 is 1.84 bits per heavy atom. The van der Waals surface area contributed by atoms with Gasteiger partial charge in [-0.05, 0) is 36.2 Å². The van der Waals surface area contributed by atoms with Crippen LogP contribution < -0.4 is 0 Å². The molecule has 2 rings (SSSR count). The second-order valence-corrected chi connectivity index (χ2v) is 5.31. The Balaban J connectivity index is 2.61. The number of aromatic nitrogens is 1. The molecule has 0 saturated heterocycles. The molecule has 102 valence electrons. The molecule has 0 aliphatic heterocycles. The third-order valence-corrected chi connectivity index (χ3v) is 4.18. The van der Waals surface area contributed by atoms with Gasteiger partial charge in [-0.1, -0.05) is 23.2 Å². The molecule has 0 bridgehead atoms. The summed E-state index contributed by atoms with van der Waals surface area (Å²) < 4.78 is 55.1. The first kappa shape index (κ1) is 14.6. The molecular weight excluding hydrogens is 325 g/mol. The number of hydrogen-bond acceptors (Lipinski definition) is 2. The van der Waals surface area contributed by atoms with Crippen LogP contribution in [0.5, 0.6) is 0 Å². The molecule has 2 aromatic rings. The van der Waals surface area contributed by atoms with Gasteiger partial charge in [-0.2, -0.15) is 17.5 Å². The van der Waals surface area contributed by atoms with Gasteiger partial charge in [-0.15, -0.1) is 0 Å². The van der Waals surface area contributed by atoms with E-state index >= 15 is 0 Å². The van der Waals surface area contributed by atoms with Crippen LogP contribution in [0, 0.1) is 12.7 Å². The topological polar surface area (TPSA) is 12.9 Å². The lowest BCUT2D eigenvalue weighted by Crippen LogP contribution is -2.02. The molecule has 1 aromatic heterocycles. The molecule has 0 amide bonds.